The molecule has 2 aliphatic rings. The lowest BCUT2D eigenvalue weighted by molar-refractivity contribution is 0.630. The Morgan fingerprint density at radius 3 is 1.15 bits per heavy atom. The van der Waals surface area contributed by atoms with Crippen LogP contribution in [0.5, 0.6) is 0 Å². The number of benzene rings is 11. The molecule has 13 aromatic rings. The number of nitrogens with zero attached hydrogens (tertiary/aromatic N) is 2. The molecule has 11 aromatic carbocycles. The van der Waals surface area contributed by atoms with Gasteiger partial charge in [-0.3, -0.25) is 0 Å². The number of hydrogen-bond acceptors (Lipinski definition) is 0. The lowest BCUT2D eigenvalue weighted by Crippen LogP contribution is -2.26. The second kappa shape index (κ2) is 15.8. The highest BCUT2D eigenvalue weighted by molar-refractivity contribution is 6.24. The van der Waals surface area contributed by atoms with E-state index in [2.05, 4.69) is 279 Å². The van der Waals surface area contributed by atoms with Gasteiger partial charge in [0.05, 0.1) is 33.4 Å². The third-order valence-electron chi connectivity index (χ3n) is 16.8. The van der Waals surface area contributed by atoms with Crippen molar-refractivity contribution in [1.82, 2.24) is 9.13 Å². The first-order chi connectivity index (χ1) is 36.2. The van der Waals surface area contributed by atoms with E-state index in [-0.39, 0.29) is 10.8 Å². The molecule has 0 radical (unpaired) electrons. The molecule has 2 aliphatic heterocycles. The summed E-state index contributed by atoms with van der Waals surface area (Å²) >= 11 is 0. The molecule has 2 nitrogen and oxygen atoms in total. The van der Waals surface area contributed by atoms with E-state index < -0.39 is 0 Å². The minimum atomic E-state index is -0.345. The minimum absolute atomic E-state index is 0.281. The smallest absolute Gasteiger partial charge is 0.0589 e. The molecular weight excluding hydrogens is 893 g/mol. The van der Waals surface area contributed by atoms with Crippen molar-refractivity contribution >= 4 is 43.6 Å². The zero-order valence-electron chi connectivity index (χ0n) is 42.0. The predicted octanol–water partition coefficient (Wildman–Crippen LogP) is 19.2. The maximum Gasteiger partial charge on any atom is 0.0589 e. The third-order valence-corrected chi connectivity index (χ3v) is 16.8. The fourth-order valence-electron chi connectivity index (χ4n) is 13.2. The second-order valence-corrected chi connectivity index (χ2v) is 21.7. The van der Waals surface area contributed by atoms with Crippen molar-refractivity contribution in [2.24, 2.45) is 0 Å². The summed E-state index contributed by atoms with van der Waals surface area (Å²) in [6, 6.07) is 90.8. The molecule has 74 heavy (non-hydrogen) atoms. The van der Waals surface area contributed by atoms with Gasteiger partial charge in [-0.25, -0.2) is 0 Å². The van der Waals surface area contributed by atoms with E-state index in [1.54, 1.807) is 0 Å². The molecular formula is C72H52N2. The van der Waals surface area contributed by atoms with Crippen LogP contribution < -0.4 is 0 Å². The van der Waals surface area contributed by atoms with Gasteiger partial charge in [-0.05, 0) is 168 Å². The van der Waals surface area contributed by atoms with Crippen molar-refractivity contribution in [3.8, 4) is 78.1 Å². The SMILES string of the molecule is CC1(C)c2ccccc2-n2c3ccc(-c4cc(-c5ccccc5)cc(-c5ccccc5)c4)cc3c3cc4c(c1c32)c1cc(-c2cc(-c3ccccc3)cc(-c3ccccc3)c2)cc2c1n4-c1ccccc1C2(C)C. The summed E-state index contributed by atoms with van der Waals surface area (Å²) in [5.74, 6) is 0. The molecule has 2 heteroatoms. The van der Waals surface area contributed by atoms with E-state index in [1.165, 1.54) is 144 Å². The first kappa shape index (κ1) is 42.7. The number of hydrogen-bond donors (Lipinski definition) is 0. The average Bonchev–Trinajstić information content (AvgIpc) is 3.99. The van der Waals surface area contributed by atoms with E-state index in [4.69, 9.17) is 0 Å². The van der Waals surface area contributed by atoms with Crippen molar-refractivity contribution in [1.29, 1.82) is 0 Å². The van der Waals surface area contributed by atoms with E-state index >= 15 is 0 Å². The zero-order chi connectivity index (χ0) is 49.5. The van der Waals surface area contributed by atoms with Crippen molar-refractivity contribution in [3.05, 3.63) is 265 Å². The van der Waals surface area contributed by atoms with Gasteiger partial charge in [0.2, 0.25) is 0 Å². The van der Waals surface area contributed by atoms with E-state index in [0.29, 0.717) is 0 Å². The summed E-state index contributed by atoms with van der Waals surface area (Å²) in [5.41, 5.74) is 26.9. The van der Waals surface area contributed by atoms with Crippen LogP contribution in [0.25, 0.3) is 122 Å². The van der Waals surface area contributed by atoms with E-state index in [1.807, 2.05) is 0 Å². The highest BCUT2D eigenvalue weighted by Crippen LogP contribution is 2.56. The summed E-state index contributed by atoms with van der Waals surface area (Å²) in [5, 5.41) is 5.17. The first-order valence-electron chi connectivity index (χ1n) is 26.1. The van der Waals surface area contributed by atoms with Gasteiger partial charge >= 0.3 is 0 Å². The molecule has 0 aliphatic carbocycles. The topological polar surface area (TPSA) is 9.86 Å². The Labute approximate surface area is 432 Å². The van der Waals surface area contributed by atoms with Crippen LogP contribution in [0.3, 0.4) is 0 Å². The number of fused-ring (bicyclic) bond motifs is 11. The number of aromatic nitrogens is 2. The summed E-state index contributed by atoms with van der Waals surface area (Å²) in [7, 11) is 0. The highest BCUT2D eigenvalue weighted by Gasteiger charge is 2.41. The molecule has 0 bridgehead atoms. The Hall–Kier alpha value is -8.98. The molecule has 0 saturated carbocycles. The van der Waals surface area contributed by atoms with Crippen LogP contribution in [0.2, 0.25) is 0 Å². The Morgan fingerprint density at radius 2 is 0.649 bits per heavy atom. The largest absolute Gasteiger partial charge is 0.309 e. The molecule has 4 heterocycles. The fraction of sp³-hybridized carbons (Fsp3) is 0.0833. The van der Waals surface area contributed by atoms with E-state index in [0.717, 1.165) is 0 Å². The summed E-state index contributed by atoms with van der Waals surface area (Å²) in [6.45, 7) is 9.80. The summed E-state index contributed by atoms with van der Waals surface area (Å²) < 4.78 is 5.23. The maximum atomic E-state index is 2.63. The third kappa shape index (κ3) is 6.18. The van der Waals surface area contributed by atoms with Gasteiger partial charge in [0, 0.05) is 32.4 Å². The molecule has 0 spiro atoms. The molecule has 0 fully saturated rings. The van der Waals surface area contributed by atoms with Crippen LogP contribution in [0.4, 0.5) is 0 Å². The zero-order valence-corrected chi connectivity index (χ0v) is 42.0. The van der Waals surface area contributed by atoms with Crippen molar-refractivity contribution in [2.45, 2.75) is 38.5 Å². The Morgan fingerprint density at radius 1 is 0.257 bits per heavy atom. The average molecular weight is 945 g/mol. The van der Waals surface area contributed by atoms with Crippen LogP contribution >= 0.6 is 0 Å². The van der Waals surface area contributed by atoms with Gasteiger partial charge < -0.3 is 9.13 Å². The van der Waals surface area contributed by atoms with Gasteiger partial charge in [0.1, 0.15) is 0 Å². The van der Waals surface area contributed by atoms with Gasteiger partial charge in [0.15, 0.2) is 0 Å². The molecule has 2 aromatic heterocycles. The minimum Gasteiger partial charge on any atom is -0.309 e. The quantitative estimate of drug-likeness (QED) is 0.157. The standard InChI is InChI=1S/C72H52N2/c1-71(2)60-29-17-19-31-64(60)74-66-44-58-57-41-49(54-37-50(45-21-9-5-10-22-45)35-51(38-54)46-23-11-6-12-24-46)33-34-63(57)73-65-32-20-18-30-61(65)72(3,4)68(70(58)73)67(66)59-42-56(43-62(71)69(59)74)55-39-52(47-25-13-7-14-26-47)36-53(40-55)48-27-15-8-16-28-48/h5-44H,1-4H3. The van der Waals surface area contributed by atoms with Crippen LogP contribution in [-0.4, -0.2) is 9.13 Å². The Balaban J connectivity index is 1.06. The van der Waals surface area contributed by atoms with Gasteiger partial charge in [-0.2, -0.15) is 0 Å². The summed E-state index contributed by atoms with van der Waals surface area (Å²) in [6.07, 6.45) is 0. The molecule has 15 rings (SSSR count). The van der Waals surface area contributed by atoms with Crippen molar-refractivity contribution in [2.75, 3.05) is 0 Å². The van der Waals surface area contributed by atoms with E-state index in [9.17, 15) is 0 Å². The summed E-state index contributed by atoms with van der Waals surface area (Å²) in [4.78, 5) is 0. The Kier molecular flexibility index (Phi) is 9.09. The van der Waals surface area contributed by atoms with Crippen molar-refractivity contribution < 1.29 is 0 Å². The van der Waals surface area contributed by atoms with Crippen molar-refractivity contribution in [3.63, 3.8) is 0 Å². The molecule has 350 valence electrons. The van der Waals surface area contributed by atoms with Crippen LogP contribution in [0.1, 0.15) is 49.9 Å². The molecule has 0 N–H and O–H groups in total. The maximum absolute atomic E-state index is 2.63. The Bertz CT molecular complexity index is 4320. The van der Waals surface area contributed by atoms with Crippen LogP contribution in [0.15, 0.2) is 243 Å². The van der Waals surface area contributed by atoms with Gasteiger partial charge in [-0.1, -0.05) is 191 Å². The second-order valence-electron chi connectivity index (χ2n) is 21.7. The van der Waals surface area contributed by atoms with Gasteiger partial charge in [-0.15, -0.1) is 0 Å². The first-order valence-corrected chi connectivity index (χ1v) is 26.1. The highest BCUT2D eigenvalue weighted by atomic mass is 15.0. The molecule has 0 amide bonds. The lowest BCUT2D eigenvalue weighted by atomic mass is 9.72. The van der Waals surface area contributed by atoms with Crippen LogP contribution in [-0.2, 0) is 10.8 Å². The number of para-hydroxylation sites is 2. The van der Waals surface area contributed by atoms with Gasteiger partial charge in [0.25, 0.3) is 0 Å². The molecule has 0 atom stereocenters. The fourth-order valence-corrected chi connectivity index (χ4v) is 13.2. The molecule has 0 saturated heterocycles. The molecule has 0 unspecified atom stereocenters. The van der Waals surface area contributed by atoms with Crippen LogP contribution in [0, 0.1) is 0 Å². The normalized spacial score (nSPS) is 13.9. The monoisotopic (exact) mass is 944 g/mol. The predicted molar refractivity (Wildman–Crippen MR) is 312 cm³/mol. The lowest BCUT2D eigenvalue weighted by Gasteiger charge is -2.35. The number of rotatable bonds is 6.